The first-order valence-corrected chi connectivity index (χ1v) is 9.69. The quantitative estimate of drug-likeness (QED) is 0.684. The Kier molecular flexibility index (Phi) is 3.83. The topological polar surface area (TPSA) is 72.3 Å². The molecular formula is C20H23N5O2S. The summed E-state index contributed by atoms with van der Waals surface area (Å²) in [5.41, 5.74) is 1.06. The Labute approximate surface area is 172 Å². The molecule has 0 radical (unpaired) electrons. The number of pyridine rings is 1. The minimum Gasteiger partial charge on any atom is -0.383 e. The van der Waals surface area contributed by atoms with Crippen LogP contribution in [0.15, 0.2) is 36.7 Å². The second-order valence-corrected chi connectivity index (χ2v) is 8.16. The lowest BCUT2D eigenvalue weighted by Gasteiger charge is -2.32. The molecule has 28 heavy (non-hydrogen) atoms. The largest absolute Gasteiger partial charge is 0.383 e. The van der Waals surface area contributed by atoms with Crippen molar-refractivity contribution in [1.82, 2.24) is 19.7 Å². The van der Waals surface area contributed by atoms with Crippen LogP contribution in [0.3, 0.4) is 0 Å². The van der Waals surface area contributed by atoms with Gasteiger partial charge in [0.15, 0.2) is 0 Å². The lowest BCUT2D eigenvalue weighted by molar-refractivity contribution is 0.0526. The van der Waals surface area contributed by atoms with Crippen LogP contribution in [-0.4, -0.2) is 45.8 Å². The molecule has 146 valence electrons. The zero-order chi connectivity index (χ0) is 22.4. The molecule has 3 aromatic heterocycles. The minimum absolute atomic E-state index is 0.0408. The molecular weight excluding hydrogens is 374 g/mol. The molecule has 0 aromatic carbocycles. The maximum atomic E-state index is 13.0. The van der Waals surface area contributed by atoms with E-state index >= 15 is 0 Å². The summed E-state index contributed by atoms with van der Waals surface area (Å²) in [5.74, 6) is 1.40. The first-order valence-electron chi connectivity index (χ1n) is 10.4. The smallest absolute Gasteiger partial charge is 0.255 e. The predicted molar refractivity (Wildman–Crippen MR) is 110 cm³/mol. The Morgan fingerprint density at radius 3 is 2.89 bits per heavy atom. The number of rotatable bonds is 6. The summed E-state index contributed by atoms with van der Waals surface area (Å²) in [6, 6.07) is 7.61. The maximum absolute atomic E-state index is 13.0. The molecule has 1 aliphatic rings. The fraction of sp³-hybridized carbons (Fsp3) is 0.350. The van der Waals surface area contributed by atoms with Gasteiger partial charge >= 0.3 is 0 Å². The number of carbonyl (C=O) groups excluding carboxylic acids is 1. The van der Waals surface area contributed by atoms with E-state index in [9.17, 15) is 4.79 Å². The van der Waals surface area contributed by atoms with Gasteiger partial charge in [0.1, 0.15) is 11.6 Å². The average Bonchev–Trinajstić information content (AvgIpc) is 3.35. The van der Waals surface area contributed by atoms with Gasteiger partial charge in [0.05, 0.1) is 28.0 Å². The van der Waals surface area contributed by atoms with Crippen molar-refractivity contribution in [1.29, 1.82) is 0 Å². The second kappa shape index (κ2) is 7.03. The van der Waals surface area contributed by atoms with E-state index in [2.05, 4.69) is 15.4 Å². The summed E-state index contributed by atoms with van der Waals surface area (Å²) >= 11 is 1.56. The van der Waals surface area contributed by atoms with Crippen LogP contribution >= 0.6 is 11.3 Å². The molecule has 1 N–H and O–H groups in total. The number of aryl methyl sites for hydroxylation is 1. The molecule has 0 saturated heterocycles. The second-order valence-electron chi connectivity index (χ2n) is 7.11. The number of nitrogens with zero attached hydrogens (tertiary/aromatic N) is 4. The van der Waals surface area contributed by atoms with E-state index in [4.69, 9.17) is 8.85 Å². The summed E-state index contributed by atoms with van der Waals surface area (Å²) in [5, 5.41) is 7.38. The van der Waals surface area contributed by atoms with Crippen LogP contribution in [0, 0.1) is 0 Å². The summed E-state index contributed by atoms with van der Waals surface area (Å²) in [6.07, 6.45) is 3.43. The zero-order valence-electron chi connectivity index (χ0n) is 18.9. The molecule has 7 nitrogen and oxygen atoms in total. The molecule has 0 fully saturated rings. The molecule has 0 spiro atoms. The minimum atomic E-state index is -2.46. The van der Waals surface area contributed by atoms with E-state index < -0.39 is 12.6 Å². The number of anilines is 2. The predicted octanol–water partition coefficient (Wildman–Crippen LogP) is 3.62. The van der Waals surface area contributed by atoms with Gasteiger partial charge in [0, 0.05) is 42.6 Å². The molecule has 4 heterocycles. The van der Waals surface area contributed by atoms with Crippen molar-refractivity contribution in [3.63, 3.8) is 0 Å². The van der Waals surface area contributed by atoms with Crippen LogP contribution in [0.4, 0.5) is 11.6 Å². The number of hydrogen-bond acceptors (Lipinski definition) is 6. The van der Waals surface area contributed by atoms with E-state index in [0.29, 0.717) is 11.4 Å². The highest BCUT2D eigenvalue weighted by atomic mass is 32.1. The third-order valence-electron chi connectivity index (χ3n) is 4.98. The third kappa shape index (κ3) is 3.08. The van der Waals surface area contributed by atoms with Gasteiger partial charge in [-0.05, 0) is 37.6 Å². The normalized spacial score (nSPS) is 17.2. The Balaban J connectivity index is 1.55. The van der Waals surface area contributed by atoms with Gasteiger partial charge < -0.3 is 15.0 Å². The fourth-order valence-corrected chi connectivity index (χ4v) is 4.72. The summed E-state index contributed by atoms with van der Waals surface area (Å²) in [7, 11) is -0.619. The Morgan fingerprint density at radius 1 is 1.32 bits per heavy atom. The van der Waals surface area contributed by atoms with Gasteiger partial charge in [-0.25, -0.2) is 4.98 Å². The van der Waals surface area contributed by atoms with Crippen molar-refractivity contribution >= 4 is 28.9 Å². The van der Waals surface area contributed by atoms with Crippen LogP contribution in [0.2, 0.25) is 0 Å². The summed E-state index contributed by atoms with van der Waals surface area (Å²) in [6.45, 7) is 4.11. The molecule has 0 aliphatic carbocycles. The number of nitrogens with one attached hydrogen (secondary N) is 1. The van der Waals surface area contributed by atoms with Crippen molar-refractivity contribution in [2.75, 3.05) is 25.5 Å². The van der Waals surface area contributed by atoms with Gasteiger partial charge in [-0.15, -0.1) is 11.3 Å². The summed E-state index contributed by atoms with van der Waals surface area (Å²) < 4.78 is 28.1. The SMILES string of the molecule is [2H]C([2H])([2H])OCCN1C(=O)c2cc(-c3ccnc(Nc4ccnn4C)c3)sc2C1(C)C. The van der Waals surface area contributed by atoms with Crippen molar-refractivity contribution in [3.05, 3.63) is 47.1 Å². The molecule has 4 rings (SSSR count). The van der Waals surface area contributed by atoms with Gasteiger partial charge in [0.25, 0.3) is 5.91 Å². The van der Waals surface area contributed by atoms with E-state index in [1.807, 2.05) is 45.2 Å². The monoisotopic (exact) mass is 400 g/mol. The highest BCUT2D eigenvalue weighted by molar-refractivity contribution is 7.16. The van der Waals surface area contributed by atoms with Gasteiger partial charge in [-0.2, -0.15) is 5.10 Å². The number of fused-ring (bicyclic) bond motifs is 1. The molecule has 0 saturated carbocycles. The van der Waals surface area contributed by atoms with Gasteiger partial charge in [-0.3, -0.25) is 9.48 Å². The van der Waals surface area contributed by atoms with Crippen molar-refractivity contribution < 1.29 is 13.6 Å². The lowest BCUT2D eigenvalue weighted by Crippen LogP contribution is -2.41. The molecule has 1 amide bonds. The number of carbonyl (C=O) groups is 1. The van der Waals surface area contributed by atoms with Crippen LogP contribution in [0.25, 0.3) is 10.4 Å². The van der Waals surface area contributed by atoms with Crippen molar-refractivity contribution in [2.24, 2.45) is 7.05 Å². The van der Waals surface area contributed by atoms with E-state index in [0.717, 1.165) is 21.1 Å². The van der Waals surface area contributed by atoms with Crippen LogP contribution in [-0.2, 0) is 17.3 Å². The van der Waals surface area contributed by atoms with E-state index in [1.54, 1.807) is 33.3 Å². The number of thiophene rings is 1. The third-order valence-corrected chi connectivity index (χ3v) is 6.47. The number of methoxy groups -OCH3 is 1. The maximum Gasteiger partial charge on any atom is 0.255 e. The van der Waals surface area contributed by atoms with Crippen molar-refractivity contribution in [3.8, 4) is 10.4 Å². The number of hydrogen-bond donors (Lipinski definition) is 1. The average molecular weight is 401 g/mol. The standard InChI is InChI=1S/C20H23N5O2S/c1-20(2)18-14(19(26)25(20)9-10-27-4)12-15(28-18)13-5-7-21-16(11-13)23-17-6-8-22-24(17)3/h5-8,11-12H,9-10H2,1-4H3,(H,21,23)/i4D3. The number of aromatic nitrogens is 3. The first-order chi connectivity index (χ1) is 14.6. The van der Waals surface area contributed by atoms with Crippen LogP contribution in [0.1, 0.15) is 33.2 Å². The number of ether oxygens (including phenoxy) is 1. The van der Waals surface area contributed by atoms with Crippen LogP contribution in [0.5, 0.6) is 0 Å². The zero-order valence-corrected chi connectivity index (χ0v) is 16.7. The Hall–Kier alpha value is -2.71. The van der Waals surface area contributed by atoms with E-state index in [-0.39, 0.29) is 19.1 Å². The molecule has 3 aromatic rings. The molecule has 0 unspecified atom stereocenters. The lowest BCUT2D eigenvalue weighted by atomic mass is 10.0. The fourth-order valence-electron chi connectivity index (χ4n) is 3.47. The Bertz CT molecular complexity index is 1120. The molecule has 0 bridgehead atoms. The Morgan fingerprint density at radius 2 is 2.18 bits per heavy atom. The molecule has 1 aliphatic heterocycles. The highest BCUT2D eigenvalue weighted by Gasteiger charge is 2.44. The number of amides is 1. The highest BCUT2D eigenvalue weighted by Crippen LogP contribution is 2.46. The summed E-state index contributed by atoms with van der Waals surface area (Å²) in [4.78, 5) is 21.0. The molecule has 0 atom stereocenters. The van der Waals surface area contributed by atoms with E-state index in [1.165, 1.54) is 0 Å². The van der Waals surface area contributed by atoms with Gasteiger partial charge in [0.2, 0.25) is 0 Å². The van der Waals surface area contributed by atoms with Gasteiger partial charge in [-0.1, -0.05) is 0 Å². The molecule has 8 heteroatoms. The first kappa shape index (κ1) is 15.2. The van der Waals surface area contributed by atoms with Crippen LogP contribution < -0.4 is 5.32 Å². The van der Waals surface area contributed by atoms with Crippen molar-refractivity contribution in [2.45, 2.75) is 19.4 Å².